The van der Waals surface area contributed by atoms with Gasteiger partial charge in [-0.15, -0.1) is 0 Å². The van der Waals surface area contributed by atoms with E-state index in [4.69, 9.17) is 5.10 Å². The Bertz CT molecular complexity index is 437. The highest BCUT2D eigenvalue weighted by Gasteiger charge is 2.27. The zero-order valence-electron chi connectivity index (χ0n) is 12.4. The monoisotopic (exact) mass is 262 g/mol. The number of hydrogen-bond donors (Lipinski definition) is 1. The molecule has 1 aromatic heterocycles. The Hall–Kier alpha value is -0.870. The van der Waals surface area contributed by atoms with Gasteiger partial charge < -0.3 is 10.2 Å². The molecule has 0 aliphatic carbocycles. The van der Waals surface area contributed by atoms with Crippen LogP contribution in [0.5, 0.6) is 0 Å². The molecule has 2 aliphatic rings. The van der Waals surface area contributed by atoms with E-state index < -0.39 is 0 Å². The average Bonchev–Trinajstić information content (AvgIpc) is 2.99. The lowest BCUT2D eigenvalue weighted by Gasteiger charge is -2.30. The number of hydrogen-bond acceptors (Lipinski definition) is 3. The van der Waals surface area contributed by atoms with Crippen LogP contribution >= 0.6 is 0 Å². The molecule has 2 aliphatic heterocycles. The largest absolute Gasteiger partial charge is 0.316 e. The van der Waals surface area contributed by atoms with E-state index in [9.17, 15) is 0 Å². The van der Waals surface area contributed by atoms with E-state index in [1.165, 1.54) is 49.3 Å². The van der Waals surface area contributed by atoms with E-state index in [2.05, 4.69) is 35.8 Å². The van der Waals surface area contributed by atoms with Gasteiger partial charge in [0.25, 0.3) is 0 Å². The minimum absolute atomic E-state index is 0.609. The highest BCUT2D eigenvalue weighted by Crippen LogP contribution is 2.31. The fourth-order valence-electron chi connectivity index (χ4n) is 3.76. The maximum atomic E-state index is 4.87. The standard InChI is InChI=1S/C15H26N4/c1-11-15(13-4-7-16-10-13)12(2)19(17-11)14-5-8-18(3)9-6-14/h13-14,16H,4-10H2,1-3H3. The second-order valence-corrected chi connectivity index (χ2v) is 6.25. The lowest BCUT2D eigenvalue weighted by molar-refractivity contribution is 0.210. The van der Waals surface area contributed by atoms with Crippen LogP contribution in [-0.4, -0.2) is 47.9 Å². The number of nitrogens with one attached hydrogen (secondary N) is 1. The molecule has 2 saturated heterocycles. The number of piperidine rings is 1. The molecule has 0 amide bonds. The smallest absolute Gasteiger partial charge is 0.0631 e. The number of aryl methyl sites for hydroxylation is 1. The highest BCUT2D eigenvalue weighted by molar-refractivity contribution is 5.30. The zero-order valence-corrected chi connectivity index (χ0v) is 12.4. The first kappa shape index (κ1) is 13.1. The molecule has 0 aromatic carbocycles. The number of nitrogens with zero attached hydrogens (tertiary/aromatic N) is 3. The van der Waals surface area contributed by atoms with Crippen molar-refractivity contribution in [3.8, 4) is 0 Å². The molecular weight excluding hydrogens is 236 g/mol. The molecule has 1 unspecified atom stereocenters. The minimum Gasteiger partial charge on any atom is -0.316 e. The van der Waals surface area contributed by atoms with Crippen LogP contribution in [-0.2, 0) is 0 Å². The van der Waals surface area contributed by atoms with Crippen LogP contribution < -0.4 is 5.32 Å². The molecular formula is C15H26N4. The van der Waals surface area contributed by atoms with Gasteiger partial charge in [-0.2, -0.15) is 5.10 Å². The van der Waals surface area contributed by atoms with Crippen molar-refractivity contribution < 1.29 is 0 Å². The van der Waals surface area contributed by atoms with Crippen LogP contribution in [0.1, 0.15) is 48.2 Å². The van der Waals surface area contributed by atoms with Crippen LogP contribution in [0.2, 0.25) is 0 Å². The van der Waals surface area contributed by atoms with Crippen molar-refractivity contribution in [2.75, 3.05) is 33.2 Å². The molecule has 3 heterocycles. The van der Waals surface area contributed by atoms with Gasteiger partial charge in [-0.3, -0.25) is 4.68 Å². The van der Waals surface area contributed by atoms with E-state index in [0.29, 0.717) is 12.0 Å². The van der Waals surface area contributed by atoms with Crippen molar-refractivity contribution in [1.82, 2.24) is 20.0 Å². The fraction of sp³-hybridized carbons (Fsp3) is 0.800. The van der Waals surface area contributed by atoms with Crippen LogP contribution in [0.4, 0.5) is 0 Å². The maximum absolute atomic E-state index is 4.87. The van der Waals surface area contributed by atoms with Gasteiger partial charge >= 0.3 is 0 Å². The third-order valence-corrected chi connectivity index (χ3v) is 4.88. The number of likely N-dealkylation sites (tertiary alicyclic amines) is 1. The quantitative estimate of drug-likeness (QED) is 0.883. The van der Waals surface area contributed by atoms with Gasteiger partial charge in [0.1, 0.15) is 0 Å². The van der Waals surface area contributed by atoms with Crippen molar-refractivity contribution in [3.63, 3.8) is 0 Å². The molecule has 1 aromatic rings. The fourth-order valence-corrected chi connectivity index (χ4v) is 3.76. The zero-order chi connectivity index (χ0) is 13.4. The molecule has 1 N–H and O–H groups in total. The summed E-state index contributed by atoms with van der Waals surface area (Å²) in [6, 6.07) is 0.609. The molecule has 3 rings (SSSR count). The Morgan fingerprint density at radius 3 is 2.53 bits per heavy atom. The van der Waals surface area contributed by atoms with Crippen molar-refractivity contribution >= 4 is 0 Å². The maximum Gasteiger partial charge on any atom is 0.0631 e. The molecule has 0 saturated carbocycles. The number of aromatic nitrogens is 2. The summed E-state index contributed by atoms with van der Waals surface area (Å²) in [6.07, 6.45) is 3.74. The van der Waals surface area contributed by atoms with Crippen LogP contribution in [0, 0.1) is 13.8 Å². The van der Waals surface area contributed by atoms with Crippen LogP contribution in [0.25, 0.3) is 0 Å². The Morgan fingerprint density at radius 2 is 1.89 bits per heavy atom. The predicted octanol–water partition coefficient (Wildman–Crippen LogP) is 1.84. The summed E-state index contributed by atoms with van der Waals surface area (Å²) in [7, 11) is 2.22. The first-order valence-electron chi connectivity index (χ1n) is 7.61. The SMILES string of the molecule is Cc1nn(C2CCN(C)CC2)c(C)c1C1CCNC1. The Kier molecular flexibility index (Phi) is 3.63. The molecule has 0 spiro atoms. The normalized spacial score (nSPS) is 26.2. The lowest BCUT2D eigenvalue weighted by Crippen LogP contribution is -2.32. The summed E-state index contributed by atoms with van der Waals surface area (Å²) in [5.41, 5.74) is 4.19. The topological polar surface area (TPSA) is 33.1 Å². The van der Waals surface area contributed by atoms with Gasteiger partial charge in [-0.25, -0.2) is 0 Å². The summed E-state index contributed by atoms with van der Waals surface area (Å²) in [4.78, 5) is 2.42. The van der Waals surface area contributed by atoms with E-state index in [1.807, 2.05) is 0 Å². The van der Waals surface area contributed by atoms with Gasteiger partial charge in [-0.05, 0) is 59.8 Å². The van der Waals surface area contributed by atoms with Crippen LogP contribution in [0.15, 0.2) is 0 Å². The molecule has 4 heteroatoms. The Balaban J connectivity index is 1.84. The van der Waals surface area contributed by atoms with Crippen LogP contribution in [0.3, 0.4) is 0 Å². The number of rotatable bonds is 2. The third kappa shape index (κ3) is 2.43. The van der Waals surface area contributed by atoms with E-state index in [1.54, 1.807) is 0 Å². The Morgan fingerprint density at radius 1 is 1.16 bits per heavy atom. The Labute approximate surface area is 116 Å². The van der Waals surface area contributed by atoms with Gasteiger partial charge in [0.2, 0.25) is 0 Å². The first-order chi connectivity index (χ1) is 9.16. The summed E-state index contributed by atoms with van der Waals surface area (Å²) >= 11 is 0. The van der Waals surface area contributed by atoms with Gasteiger partial charge in [-0.1, -0.05) is 0 Å². The van der Waals surface area contributed by atoms with Crippen molar-refractivity contribution in [1.29, 1.82) is 0 Å². The second-order valence-electron chi connectivity index (χ2n) is 6.25. The third-order valence-electron chi connectivity index (χ3n) is 4.88. The second kappa shape index (κ2) is 5.25. The molecule has 19 heavy (non-hydrogen) atoms. The van der Waals surface area contributed by atoms with E-state index >= 15 is 0 Å². The average molecular weight is 262 g/mol. The highest BCUT2D eigenvalue weighted by atomic mass is 15.3. The minimum atomic E-state index is 0.609. The molecule has 0 radical (unpaired) electrons. The summed E-state index contributed by atoms with van der Waals surface area (Å²) < 4.78 is 2.33. The molecule has 2 fully saturated rings. The molecule has 0 bridgehead atoms. The molecule has 106 valence electrons. The van der Waals surface area contributed by atoms with Gasteiger partial charge in [0, 0.05) is 23.7 Å². The molecule has 1 atom stereocenters. The predicted molar refractivity (Wildman–Crippen MR) is 77.7 cm³/mol. The van der Waals surface area contributed by atoms with E-state index in [0.717, 1.165) is 13.1 Å². The first-order valence-corrected chi connectivity index (χ1v) is 7.61. The summed E-state index contributed by atoms with van der Waals surface area (Å²) in [5, 5.41) is 8.35. The van der Waals surface area contributed by atoms with Crippen molar-refractivity contribution in [2.24, 2.45) is 0 Å². The summed E-state index contributed by atoms with van der Waals surface area (Å²) in [6.45, 7) is 9.13. The van der Waals surface area contributed by atoms with Crippen molar-refractivity contribution in [2.45, 2.75) is 45.1 Å². The lowest BCUT2D eigenvalue weighted by atomic mass is 9.96. The van der Waals surface area contributed by atoms with E-state index in [-0.39, 0.29) is 0 Å². The molecule has 4 nitrogen and oxygen atoms in total. The van der Waals surface area contributed by atoms with Gasteiger partial charge in [0.05, 0.1) is 11.7 Å². The van der Waals surface area contributed by atoms with Gasteiger partial charge in [0.15, 0.2) is 0 Å². The van der Waals surface area contributed by atoms with Crippen molar-refractivity contribution in [3.05, 3.63) is 17.0 Å². The summed E-state index contributed by atoms with van der Waals surface area (Å²) in [5.74, 6) is 0.681.